The summed E-state index contributed by atoms with van der Waals surface area (Å²) in [5.41, 5.74) is 0.206. The highest BCUT2D eigenvalue weighted by molar-refractivity contribution is 5.77. The number of nitriles is 1. The highest BCUT2D eigenvalue weighted by Crippen LogP contribution is 2.25. The van der Waals surface area contributed by atoms with Gasteiger partial charge in [-0.1, -0.05) is 42.3 Å². The van der Waals surface area contributed by atoms with E-state index in [4.69, 9.17) is 9.72 Å². The molecule has 0 unspecified atom stereocenters. The van der Waals surface area contributed by atoms with Crippen LogP contribution in [0, 0.1) is 23.2 Å². The standard InChI is InChI=1S/C33H35N7O4/c1-5-6-19-38-27-28(36-30(38)37-18-12-15-25(22-37)35-31(42)44-33(2,3)4)40(26-16-8-7-9-17-26)32(43)39(29(27)41)21-24-14-11-10-13-23(24)20-34/h7-11,13-14,16-17,25H,12,15,18-19,21-22H2,1-4H3,(H,35,42)/t25-/m1/s1. The third-order valence-corrected chi connectivity index (χ3v) is 7.33. The SMILES string of the molecule is CC#CCn1c(N2CCC[C@@H](NC(=O)OC(C)(C)C)C2)nc2c1c(=O)n(Cc1ccccc1C#N)c(=O)n2-c1ccccc1. The van der Waals surface area contributed by atoms with Crippen molar-refractivity contribution >= 4 is 23.2 Å². The lowest BCUT2D eigenvalue weighted by molar-refractivity contribution is 0.0499. The molecule has 1 N–H and O–H groups in total. The van der Waals surface area contributed by atoms with E-state index in [1.54, 1.807) is 47.9 Å². The Morgan fingerprint density at radius 1 is 1.09 bits per heavy atom. The average molecular weight is 594 g/mol. The number of carbonyl (C=O) groups excluding carboxylic acids is 1. The number of alkyl carbamates (subject to hydrolysis) is 1. The van der Waals surface area contributed by atoms with E-state index < -0.39 is 22.9 Å². The van der Waals surface area contributed by atoms with E-state index in [1.165, 1.54) is 4.57 Å². The molecule has 0 radical (unpaired) electrons. The molecule has 5 rings (SSSR count). The molecule has 0 aliphatic carbocycles. The number of carbonyl (C=O) groups is 1. The third kappa shape index (κ3) is 6.23. The van der Waals surface area contributed by atoms with Gasteiger partial charge in [-0.05, 0) is 64.3 Å². The summed E-state index contributed by atoms with van der Waals surface area (Å²) in [5.74, 6) is 6.44. The van der Waals surface area contributed by atoms with Crippen LogP contribution in [0.1, 0.15) is 51.7 Å². The van der Waals surface area contributed by atoms with E-state index in [2.05, 4.69) is 23.2 Å². The number of hydrogen-bond acceptors (Lipinski definition) is 7. The Morgan fingerprint density at radius 3 is 2.52 bits per heavy atom. The molecule has 1 aliphatic rings. The number of nitrogens with zero attached hydrogens (tertiary/aromatic N) is 6. The first-order valence-corrected chi connectivity index (χ1v) is 14.5. The molecular weight excluding hydrogens is 558 g/mol. The average Bonchev–Trinajstić information content (AvgIpc) is 3.37. The van der Waals surface area contributed by atoms with Crippen LogP contribution < -0.4 is 21.5 Å². The second-order valence-electron chi connectivity index (χ2n) is 11.6. The van der Waals surface area contributed by atoms with Crippen molar-refractivity contribution < 1.29 is 9.53 Å². The van der Waals surface area contributed by atoms with Crippen LogP contribution in [0.3, 0.4) is 0 Å². The summed E-state index contributed by atoms with van der Waals surface area (Å²) in [6.45, 7) is 8.31. The predicted molar refractivity (Wildman–Crippen MR) is 168 cm³/mol. The van der Waals surface area contributed by atoms with Crippen molar-refractivity contribution in [3.63, 3.8) is 0 Å². The van der Waals surface area contributed by atoms with Crippen LogP contribution in [0.25, 0.3) is 16.9 Å². The molecule has 1 fully saturated rings. The number of amides is 1. The number of ether oxygens (including phenoxy) is 1. The van der Waals surface area contributed by atoms with Gasteiger partial charge in [-0.3, -0.25) is 13.9 Å². The zero-order valence-corrected chi connectivity index (χ0v) is 25.3. The van der Waals surface area contributed by atoms with Gasteiger partial charge in [0.15, 0.2) is 11.2 Å². The molecule has 226 valence electrons. The summed E-state index contributed by atoms with van der Waals surface area (Å²) in [4.78, 5) is 47.8. The first kappa shape index (κ1) is 30.2. The smallest absolute Gasteiger partial charge is 0.407 e. The van der Waals surface area contributed by atoms with Crippen LogP contribution in [0.15, 0.2) is 64.2 Å². The number of fused-ring (bicyclic) bond motifs is 1. The van der Waals surface area contributed by atoms with Crippen molar-refractivity contribution in [1.82, 2.24) is 24.0 Å². The number of benzene rings is 2. The van der Waals surface area contributed by atoms with E-state index in [9.17, 15) is 19.6 Å². The highest BCUT2D eigenvalue weighted by Gasteiger charge is 2.30. The summed E-state index contributed by atoms with van der Waals surface area (Å²) in [6.07, 6.45) is 1.03. The molecule has 2 aromatic heterocycles. The predicted octanol–water partition coefficient (Wildman–Crippen LogP) is 3.79. The minimum Gasteiger partial charge on any atom is -0.444 e. The summed E-state index contributed by atoms with van der Waals surface area (Å²) in [6, 6.07) is 17.9. The summed E-state index contributed by atoms with van der Waals surface area (Å²) >= 11 is 0. The van der Waals surface area contributed by atoms with Gasteiger partial charge >= 0.3 is 11.8 Å². The molecule has 11 heteroatoms. The van der Waals surface area contributed by atoms with E-state index in [0.717, 1.165) is 17.4 Å². The topological polar surface area (TPSA) is 127 Å². The molecule has 0 spiro atoms. The maximum absolute atomic E-state index is 14.2. The number of aromatic nitrogens is 4. The molecule has 1 aliphatic heterocycles. The van der Waals surface area contributed by atoms with E-state index in [-0.39, 0.29) is 30.3 Å². The number of hydrogen-bond donors (Lipinski definition) is 1. The summed E-state index contributed by atoms with van der Waals surface area (Å²) in [5, 5.41) is 12.6. The fourth-order valence-electron chi connectivity index (χ4n) is 5.41. The van der Waals surface area contributed by atoms with Crippen molar-refractivity contribution in [2.75, 3.05) is 18.0 Å². The Hall–Kier alpha value is -5.29. The number of piperidine rings is 1. The Balaban J connectivity index is 1.68. The summed E-state index contributed by atoms with van der Waals surface area (Å²) < 4.78 is 9.80. The minimum atomic E-state index is -0.625. The van der Waals surface area contributed by atoms with E-state index in [0.29, 0.717) is 35.9 Å². The monoisotopic (exact) mass is 593 g/mol. The molecule has 3 heterocycles. The van der Waals surface area contributed by atoms with Crippen molar-refractivity contribution in [3.8, 4) is 23.6 Å². The lowest BCUT2D eigenvalue weighted by Crippen LogP contribution is -2.49. The van der Waals surface area contributed by atoms with Crippen LogP contribution >= 0.6 is 0 Å². The van der Waals surface area contributed by atoms with Gasteiger partial charge in [-0.25, -0.2) is 14.2 Å². The van der Waals surface area contributed by atoms with Gasteiger partial charge in [0.25, 0.3) is 5.56 Å². The van der Waals surface area contributed by atoms with E-state index >= 15 is 0 Å². The molecule has 11 nitrogen and oxygen atoms in total. The molecular formula is C33H35N7O4. The quantitative estimate of drug-likeness (QED) is 0.337. The number of imidazole rings is 1. The molecule has 1 amide bonds. The van der Waals surface area contributed by atoms with Gasteiger partial charge in [0, 0.05) is 19.1 Å². The van der Waals surface area contributed by atoms with Gasteiger partial charge in [0.05, 0.1) is 30.4 Å². The largest absolute Gasteiger partial charge is 0.444 e. The Kier molecular flexibility index (Phi) is 8.59. The maximum Gasteiger partial charge on any atom is 0.407 e. The zero-order chi connectivity index (χ0) is 31.4. The molecule has 1 atom stereocenters. The van der Waals surface area contributed by atoms with Gasteiger partial charge in [-0.15, -0.1) is 5.92 Å². The van der Waals surface area contributed by atoms with E-state index in [1.807, 2.05) is 43.9 Å². The van der Waals surface area contributed by atoms with Gasteiger partial charge in [-0.2, -0.15) is 10.2 Å². The third-order valence-electron chi connectivity index (χ3n) is 7.33. The van der Waals surface area contributed by atoms with Gasteiger partial charge in [0.1, 0.15) is 5.60 Å². The lowest BCUT2D eigenvalue weighted by atomic mass is 10.1. The van der Waals surface area contributed by atoms with Crippen LogP contribution in [0.4, 0.5) is 10.7 Å². The summed E-state index contributed by atoms with van der Waals surface area (Å²) in [7, 11) is 0. The van der Waals surface area contributed by atoms with Crippen molar-refractivity contribution in [2.24, 2.45) is 0 Å². The second-order valence-corrected chi connectivity index (χ2v) is 11.6. The Bertz CT molecular complexity index is 1910. The van der Waals surface area contributed by atoms with Crippen molar-refractivity contribution in [1.29, 1.82) is 5.26 Å². The van der Waals surface area contributed by atoms with Crippen LogP contribution in [-0.2, 0) is 17.8 Å². The lowest BCUT2D eigenvalue weighted by Gasteiger charge is -2.34. The van der Waals surface area contributed by atoms with Crippen LogP contribution in [0.2, 0.25) is 0 Å². The number of anilines is 1. The highest BCUT2D eigenvalue weighted by atomic mass is 16.6. The van der Waals surface area contributed by atoms with Gasteiger partial charge < -0.3 is 15.0 Å². The number of rotatable bonds is 6. The van der Waals surface area contributed by atoms with Crippen molar-refractivity contribution in [3.05, 3.63) is 86.6 Å². The second kappa shape index (κ2) is 12.5. The minimum absolute atomic E-state index is 0.0876. The fraction of sp³-hybridized carbons (Fsp3) is 0.364. The fourth-order valence-corrected chi connectivity index (χ4v) is 5.41. The number of nitrogens with one attached hydrogen (secondary N) is 1. The molecule has 2 aromatic carbocycles. The number of para-hydroxylation sites is 1. The Morgan fingerprint density at radius 2 is 1.82 bits per heavy atom. The van der Waals surface area contributed by atoms with Crippen LogP contribution in [0.5, 0.6) is 0 Å². The first-order valence-electron chi connectivity index (χ1n) is 14.5. The molecule has 0 bridgehead atoms. The maximum atomic E-state index is 14.2. The first-order chi connectivity index (χ1) is 21.1. The Labute approximate surface area is 255 Å². The molecule has 1 saturated heterocycles. The van der Waals surface area contributed by atoms with Crippen molar-refractivity contribution in [2.45, 2.75) is 65.3 Å². The molecule has 44 heavy (non-hydrogen) atoms. The molecule has 0 saturated carbocycles. The normalized spacial score (nSPS) is 14.9. The van der Waals surface area contributed by atoms with Gasteiger partial charge in [0.2, 0.25) is 5.95 Å². The zero-order valence-electron chi connectivity index (χ0n) is 25.3. The molecule has 4 aromatic rings. The van der Waals surface area contributed by atoms with Crippen LogP contribution in [-0.4, -0.2) is 49.5 Å².